The first-order valence-electron chi connectivity index (χ1n) is 6.96. The standard InChI is InChI=1S/C16H21N3O2/c1-11(2)21-16-13(17)8-9-15(19-16)18-10-14(20)12-6-4-3-5-7-12/h3-9,11,14,20H,10,17H2,1-2H3,(H,18,19). The van der Waals surface area contributed by atoms with E-state index in [4.69, 9.17) is 10.5 Å². The van der Waals surface area contributed by atoms with E-state index in [1.807, 2.05) is 44.2 Å². The molecule has 1 atom stereocenters. The largest absolute Gasteiger partial charge is 0.473 e. The Balaban J connectivity index is 2.00. The summed E-state index contributed by atoms with van der Waals surface area (Å²) in [4.78, 5) is 4.31. The summed E-state index contributed by atoms with van der Waals surface area (Å²) in [5.41, 5.74) is 7.18. The third-order valence-electron chi connectivity index (χ3n) is 2.90. The van der Waals surface area contributed by atoms with Crippen molar-refractivity contribution in [2.24, 2.45) is 0 Å². The summed E-state index contributed by atoms with van der Waals surface area (Å²) in [5, 5.41) is 13.2. The number of nitrogen functional groups attached to an aromatic ring is 1. The van der Waals surface area contributed by atoms with Gasteiger partial charge < -0.3 is 20.9 Å². The maximum Gasteiger partial charge on any atom is 0.239 e. The first-order valence-corrected chi connectivity index (χ1v) is 6.96. The van der Waals surface area contributed by atoms with Crippen LogP contribution in [0.2, 0.25) is 0 Å². The fraction of sp³-hybridized carbons (Fsp3) is 0.312. The topological polar surface area (TPSA) is 80.4 Å². The molecule has 112 valence electrons. The highest BCUT2D eigenvalue weighted by Crippen LogP contribution is 2.22. The van der Waals surface area contributed by atoms with Gasteiger partial charge in [-0.15, -0.1) is 0 Å². The van der Waals surface area contributed by atoms with Crippen molar-refractivity contribution >= 4 is 11.5 Å². The highest BCUT2D eigenvalue weighted by atomic mass is 16.5. The van der Waals surface area contributed by atoms with E-state index in [9.17, 15) is 5.11 Å². The summed E-state index contributed by atoms with van der Waals surface area (Å²) in [6, 6.07) is 13.0. The molecule has 0 bridgehead atoms. The lowest BCUT2D eigenvalue weighted by Gasteiger charge is -2.15. The molecule has 0 radical (unpaired) electrons. The number of aliphatic hydroxyl groups is 1. The maximum atomic E-state index is 10.1. The maximum absolute atomic E-state index is 10.1. The van der Waals surface area contributed by atoms with Crippen LogP contribution in [-0.4, -0.2) is 22.7 Å². The van der Waals surface area contributed by atoms with Crippen molar-refractivity contribution in [3.63, 3.8) is 0 Å². The number of ether oxygens (including phenoxy) is 1. The van der Waals surface area contributed by atoms with Crippen molar-refractivity contribution in [1.82, 2.24) is 4.98 Å². The molecule has 0 aliphatic carbocycles. The van der Waals surface area contributed by atoms with Crippen LogP contribution in [0.25, 0.3) is 0 Å². The zero-order valence-electron chi connectivity index (χ0n) is 12.3. The van der Waals surface area contributed by atoms with Crippen LogP contribution in [0, 0.1) is 0 Å². The Morgan fingerprint density at radius 1 is 1.19 bits per heavy atom. The monoisotopic (exact) mass is 287 g/mol. The third kappa shape index (κ3) is 4.36. The summed E-state index contributed by atoms with van der Waals surface area (Å²) in [6.07, 6.45) is -0.593. The van der Waals surface area contributed by atoms with Gasteiger partial charge in [-0.25, -0.2) is 0 Å². The summed E-state index contributed by atoms with van der Waals surface area (Å²) >= 11 is 0. The molecule has 5 heteroatoms. The Bertz CT molecular complexity index is 573. The van der Waals surface area contributed by atoms with Crippen LogP contribution in [0.5, 0.6) is 5.88 Å². The molecule has 1 heterocycles. The van der Waals surface area contributed by atoms with Gasteiger partial charge in [-0.05, 0) is 31.5 Å². The molecule has 0 spiro atoms. The number of nitrogens with two attached hydrogens (primary N) is 1. The molecule has 0 aliphatic heterocycles. The van der Waals surface area contributed by atoms with Crippen LogP contribution in [0.4, 0.5) is 11.5 Å². The van der Waals surface area contributed by atoms with E-state index in [2.05, 4.69) is 10.3 Å². The number of pyridine rings is 1. The highest BCUT2D eigenvalue weighted by Gasteiger charge is 2.09. The average molecular weight is 287 g/mol. The Kier molecular flexibility index (Phi) is 5.00. The van der Waals surface area contributed by atoms with Crippen molar-refractivity contribution in [3.8, 4) is 5.88 Å². The summed E-state index contributed by atoms with van der Waals surface area (Å²) in [6.45, 7) is 4.20. The number of rotatable bonds is 6. The van der Waals surface area contributed by atoms with Crippen molar-refractivity contribution < 1.29 is 9.84 Å². The molecule has 1 aromatic carbocycles. The van der Waals surface area contributed by atoms with E-state index < -0.39 is 6.10 Å². The van der Waals surface area contributed by atoms with Crippen LogP contribution in [-0.2, 0) is 0 Å². The first kappa shape index (κ1) is 15.1. The molecule has 0 fully saturated rings. The third-order valence-corrected chi connectivity index (χ3v) is 2.90. The molecular weight excluding hydrogens is 266 g/mol. The smallest absolute Gasteiger partial charge is 0.239 e. The van der Waals surface area contributed by atoms with Gasteiger partial charge >= 0.3 is 0 Å². The molecule has 1 aromatic heterocycles. The minimum absolute atomic E-state index is 0.00459. The van der Waals surface area contributed by atoms with Gasteiger partial charge in [-0.1, -0.05) is 30.3 Å². The molecule has 1 unspecified atom stereocenters. The lowest BCUT2D eigenvalue weighted by molar-refractivity contribution is 0.191. The lowest BCUT2D eigenvalue weighted by Crippen LogP contribution is -2.14. The summed E-state index contributed by atoms with van der Waals surface area (Å²) in [7, 11) is 0. The van der Waals surface area contributed by atoms with Crippen LogP contribution in [0.3, 0.4) is 0 Å². The SMILES string of the molecule is CC(C)Oc1nc(NCC(O)c2ccccc2)ccc1N. The zero-order valence-corrected chi connectivity index (χ0v) is 12.3. The van der Waals surface area contributed by atoms with E-state index >= 15 is 0 Å². The van der Waals surface area contributed by atoms with Crippen LogP contribution < -0.4 is 15.8 Å². The normalized spacial score (nSPS) is 12.2. The first-order chi connectivity index (χ1) is 10.1. The van der Waals surface area contributed by atoms with E-state index in [1.165, 1.54) is 0 Å². The van der Waals surface area contributed by atoms with Crippen LogP contribution in [0.1, 0.15) is 25.5 Å². The molecular formula is C16H21N3O2. The summed E-state index contributed by atoms with van der Waals surface area (Å²) in [5.74, 6) is 1.03. The molecule has 4 N–H and O–H groups in total. The van der Waals surface area contributed by atoms with Gasteiger partial charge in [0.1, 0.15) is 5.82 Å². The van der Waals surface area contributed by atoms with E-state index in [1.54, 1.807) is 12.1 Å². The number of nitrogens with one attached hydrogen (secondary N) is 1. The minimum atomic E-state index is -0.597. The van der Waals surface area contributed by atoms with Gasteiger partial charge in [0.25, 0.3) is 0 Å². The van der Waals surface area contributed by atoms with E-state index in [0.717, 1.165) is 5.56 Å². The lowest BCUT2D eigenvalue weighted by atomic mass is 10.1. The number of nitrogens with zero attached hydrogens (tertiary/aromatic N) is 1. The van der Waals surface area contributed by atoms with Gasteiger partial charge in [0.2, 0.25) is 5.88 Å². The van der Waals surface area contributed by atoms with Crippen molar-refractivity contribution in [3.05, 3.63) is 48.0 Å². The second kappa shape index (κ2) is 6.95. The van der Waals surface area contributed by atoms with Crippen molar-refractivity contribution in [1.29, 1.82) is 0 Å². The van der Waals surface area contributed by atoms with E-state index in [-0.39, 0.29) is 6.10 Å². The molecule has 21 heavy (non-hydrogen) atoms. The van der Waals surface area contributed by atoms with Crippen LogP contribution >= 0.6 is 0 Å². The van der Waals surface area contributed by atoms with Gasteiger partial charge in [0.05, 0.1) is 17.9 Å². The van der Waals surface area contributed by atoms with Gasteiger partial charge in [0, 0.05) is 6.54 Å². The van der Waals surface area contributed by atoms with E-state index in [0.29, 0.717) is 23.9 Å². The Hall–Kier alpha value is -2.27. The van der Waals surface area contributed by atoms with Crippen molar-refractivity contribution in [2.45, 2.75) is 26.1 Å². The second-order valence-corrected chi connectivity index (χ2v) is 5.06. The number of aromatic nitrogens is 1. The average Bonchev–Trinajstić information content (AvgIpc) is 2.48. The van der Waals surface area contributed by atoms with Gasteiger partial charge in [-0.2, -0.15) is 4.98 Å². The van der Waals surface area contributed by atoms with Gasteiger partial charge in [0.15, 0.2) is 0 Å². The number of benzene rings is 1. The predicted octanol–water partition coefficient (Wildman–Crippen LogP) is 2.60. The predicted molar refractivity (Wildman–Crippen MR) is 84.3 cm³/mol. The molecule has 5 nitrogen and oxygen atoms in total. The second-order valence-electron chi connectivity index (χ2n) is 5.06. The Labute approximate surface area is 124 Å². The number of anilines is 2. The number of aliphatic hydroxyl groups excluding tert-OH is 1. The zero-order chi connectivity index (χ0) is 15.2. The minimum Gasteiger partial charge on any atom is -0.473 e. The Morgan fingerprint density at radius 2 is 1.90 bits per heavy atom. The van der Waals surface area contributed by atoms with Gasteiger partial charge in [-0.3, -0.25) is 0 Å². The fourth-order valence-electron chi connectivity index (χ4n) is 1.86. The molecule has 0 aliphatic rings. The Morgan fingerprint density at radius 3 is 2.57 bits per heavy atom. The molecule has 2 rings (SSSR count). The molecule has 0 amide bonds. The van der Waals surface area contributed by atoms with Crippen molar-refractivity contribution in [2.75, 3.05) is 17.6 Å². The molecule has 0 saturated carbocycles. The summed E-state index contributed by atoms with van der Waals surface area (Å²) < 4.78 is 5.54. The molecule has 0 saturated heterocycles. The number of hydrogen-bond acceptors (Lipinski definition) is 5. The number of hydrogen-bond donors (Lipinski definition) is 3. The molecule has 2 aromatic rings. The quantitative estimate of drug-likeness (QED) is 0.761. The fourth-order valence-corrected chi connectivity index (χ4v) is 1.86. The van der Waals surface area contributed by atoms with Crippen LogP contribution in [0.15, 0.2) is 42.5 Å². The highest BCUT2D eigenvalue weighted by molar-refractivity contribution is 5.53.